The maximum Gasteiger partial charge on any atom is 0.174 e. The molecule has 172 valence electrons. The van der Waals surface area contributed by atoms with E-state index in [2.05, 4.69) is 40.8 Å². The predicted molar refractivity (Wildman–Crippen MR) is 138 cm³/mol. The fourth-order valence-electron chi connectivity index (χ4n) is 4.83. The lowest BCUT2D eigenvalue weighted by Gasteiger charge is -2.28. The molecular formula is C27H26N4O2S. The van der Waals surface area contributed by atoms with Crippen molar-refractivity contribution in [3.8, 4) is 17.2 Å². The molecule has 34 heavy (non-hydrogen) atoms. The van der Waals surface area contributed by atoms with Crippen LogP contribution in [-0.4, -0.2) is 26.9 Å². The lowest BCUT2D eigenvalue weighted by atomic mass is 9.96. The molecule has 2 N–H and O–H groups in total. The zero-order valence-corrected chi connectivity index (χ0v) is 20.1. The van der Waals surface area contributed by atoms with Gasteiger partial charge in [-0.15, -0.1) is 0 Å². The number of thiocarbonyl (C=S) groups is 1. The summed E-state index contributed by atoms with van der Waals surface area (Å²) in [6.07, 6.45) is 1.79. The van der Waals surface area contributed by atoms with Crippen molar-refractivity contribution < 1.29 is 9.84 Å². The molecule has 0 amide bonds. The zero-order valence-electron chi connectivity index (χ0n) is 19.3. The molecule has 0 spiro atoms. The number of aromatic nitrogens is 2. The van der Waals surface area contributed by atoms with Crippen LogP contribution >= 0.6 is 12.2 Å². The zero-order chi connectivity index (χ0) is 23.8. The number of phenolic OH excluding ortho intramolecular Hbond substituents is 1. The summed E-state index contributed by atoms with van der Waals surface area (Å²) in [5.74, 6) is 0.984. The van der Waals surface area contributed by atoms with E-state index in [1.165, 1.54) is 0 Å². The number of phenols is 1. The molecule has 5 rings (SSSR count). The topological polar surface area (TPSA) is 62.5 Å². The molecule has 1 saturated heterocycles. The van der Waals surface area contributed by atoms with E-state index in [1.54, 1.807) is 19.4 Å². The van der Waals surface area contributed by atoms with Crippen molar-refractivity contribution in [2.45, 2.75) is 25.9 Å². The van der Waals surface area contributed by atoms with Gasteiger partial charge in [-0.2, -0.15) is 0 Å². The van der Waals surface area contributed by atoms with Crippen molar-refractivity contribution in [1.29, 1.82) is 0 Å². The Morgan fingerprint density at radius 3 is 2.53 bits per heavy atom. The number of rotatable bonds is 5. The molecular weight excluding hydrogens is 444 g/mol. The van der Waals surface area contributed by atoms with E-state index >= 15 is 0 Å². The second-order valence-corrected chi connectivity index (χ2v) is 8.74. The van der Waals surface area contributed by atoms with Crippen LogP contribution in [0.25, 0.3) is 5.69 Å². The predicted octanol–water partition coefficient (Wildman–Crippen LogP) is 5.38. The molecule has 0 saturated carbocycles. The van der Waals surface area contributed by atoms with Crippen molar-refractivity contribution in [3.05, 3.63) is 102 Å². The summed E-state index contributed by atoms with van der Waals surface area (Å²) < 4.78 is 7.67. The second kappa shape index (κ2) is 8.83. The number of nitrogens with zero attached hydrogens (tertiary/aromatic N) is 3. The summed E-state index contributed by atoms with van der Waals surface area (Å²) >= 11 is 5.80. The number of pyridine rings is 1. The van der Waals surface area contributed by atoms with Crippen LogP contribution in [0.3, 0.4) is 0 Å². The third-order valence-electron chi connectivity index (χ3n) is 6.34. The molecule has 3 heterocycles. The lowest BCUT2D eigenvalue weighted by molar-refractivity contribution is 0.414. The van der Waals surface area contributed by atoms with Crippen molar-refractivity contribution in [2.75, 3.05) is 12.0 Å². The Bertz CT molecular complexity index is 1350. The maximum atomic E-state index is 10.7. The molecule has 0 bridgehead atoms. The number of para-hydroxylation sites is 2. The molecule has 4 aromatic rings. The highest BCUT2D eigenvalue weighted by Gasteiger charge is 2.43. The van der Waals surface area contributed by atoms with E-state index in [1.807, 2.05) is 59.5 Å². The Balaban J connectivity index is 1.69. The fraction of sp³-hybridized carbons (Fsp3) is 0.185. The summed E-state index contributed by atoms with van der Waals surface area (Å²) in [7, 11) is 1.67. The van der Waals surface area contributed by atoms with Gasteiger partial charge in [-0.25, -0.2) is 0 Å². The van der Waals surface area contributed by atoms with Crippen LogP contribution in [0.5, 0.6) is 11.5 Å². The fourth-order valence-corrected chi connectivity index (χ4v) is 5.17. The Morgan fingerprint density at radius 2 is 1.79 bits per heavy atom. The van der Waals surface area contributed by atoms with E-state index in [9.17, 15) is 5.11 Å². The van der Waals surface area contributed by atoms with Crippen LogP contribution in [0.15, 0.2) is 79.0 Å². The molecule has 0 radical (unpaired) electrons. The van der Waals surface area contributed by atoms with Gasteiger partial charge < -0.3 is 24.6 Å². The van der Waals surface area contributed by atoms with Crippen molar-refractivity contribution in [3.63, 3.8) is 0 Å². The van der Waals surface area contributed by atoms with Gasteiger partial charge in [0.05, 0.1) is 30.6 Å². The molecule has 1 fully saturated rings. The minimum Gasteiger partial charge on any atom is -0.506 e. The van der Waals surface area contributed by atoms with E-state index in [-0.39, 0.29) is 17.8 Å². The quantitative estimate of drug-likeness (QED) is 0.382. The van der Waals surface area contributed by atoms with Crippen molar-refractivity contribution in [1.82, 2.24) is 14.9 Å². The normalized spacial score (nSPS) is 17.6. The maximum absolute atomic E-state index is 10.7. The average molecular weight is 471 g/mol. The number of methoxy groups -OCH3 is 1. The van der Waals surface area contributed by atoms with Crippen LogP contribution in [0.1, 0.15) is 34.7 Å². The lowest BCUT2D eigenvalue weighted by Crippen LogP contribution is -2.29. The number of nitrogens with one attached hydrogen (secondary N) is 1. The number of hydrogen-bond donors (Lipinski definition) is 2. The van der Waals surface area contributed by atoms with E-state index in [4.69, 9.17) is 17.0 Å². The number of benzene rings is 2. The molecule has 7 heteroatoms. The Hall–Kier alpha value is -3.84. The highest BCUT2D eigenvalue weighted by molar-refractivity contribution is 7.80. The van der Waals surface area contributed by atoms with Gasteiger partial charge in [0.15, 0.2) is 5.11 Å². The van der Waals surface area contributed by atoms with E-state index in [0.717, 1.165) is 34.1 Å². The molecule has 2 aromatic heterocycles. The van der Waals surface area contributed by atoms with E-state index < -0.39 is 0 Å². The number of ether oxygens (including phenoxy) is 1. The van der Waals surface area contributed by atoms with Crippen LogP contribution in [-0.2, 0) is 0 Å². The van der Waals surface area contributed by atoms with Gasteiger partial charge in [-0.1, -0.05) is 24.3 Å². The minimum absolute atomic E-state index is 0.180. The summed E-state index contributed by atoms with van der Waals surface area (Å²) in [5, 5.41) is 14.7. The summed E-state index contributed by atoms with van der Waals surface area (Å²) in [6, 6.07) is 23.0. The minimum atomic E-state index is -0.207. The first-order chi connectivity index (χ1) is 16.5. The number of anilines is 1. The first-order valence-corrected chi connectivity index (χ1v) is 11.5. The standard InChI is InChI=1S/C27H26N4O2S/c1-17-15-21(18(2)30(17)19-9-8-10-20(16-19)33-3)26-25(22-11-6-7-14-28-22)29-27(34)31(26)23-12-4-5-13-24(23)32/h4-16,25-26,32H,1-3H3,(H,29,34)/t25-,26+/m1/s1. The third kappa shape index (κ3) is 3.68. The molecule has 6 nitrogen and oxygen atoms in total. The smallest absolute Gasteiger partial charge is 0.174 e. The number of aryl methyl sites for hydroxylation is 1. The van der Waals surface area contributed by atoms with Crippen molar-refractivity contribution in [2.24, 2.45) is 0 Å². The first kappa shape index (κ1) is 22.0. The van der Waals surface area contributed by atoms with Gasteiger partial charge in [0.2, 0.25) is 0 Å². The van der Waals surface area contributed by atoms with Gasteiger partial charge in [-0.05, 0) is 74.1 Å². The molecule has 2 aromatic carbocycles. The first-order valence-electron chi connectivity index (χ1n) is 11.1. The largest absolute Gasteiger partial charge is 0.506 e. The van der Waals surface area contributed by atoms with Crippen molar-refractivity contribution >= 4 is 23.0 Å². The Labute approximate surface area is 204 Å². The average Bonchev–Trinajstić information content (AvgIpc) is 3.35. The summed E-state index contributed by atoms with van der Waals surface area (Å²) in [5.41, 5.74) is 5.86. The van der Waals surface area contributed by atoms with Crippen LogP contribution in [0, 0.1) is 13.8 Å². The summed E-state index contributed by atoms with van der Waals surface area (Å²) in [6.45, 7) is 4.21. The molecule has 2 atom stereocenters. The molecule has 0 aliphatic carbocycles. The highest BCUT2D eigenvalue weighted by Crippen LogP contribution is 2.45. The van der Waals surface area contributed by atoms with Gasteiger partial charge in [-0.3, -0.25) is 4.98 Å². The second-order valence-electron chi connectivity index (χ2n) is 8.35. The monoisotopic (exact) mass is 470 g/mol. The SMILES string of the molecule is COc1cccc(-n2c(C)cc([C@H]3[C@@H](c4ccccn4)NC(=S)N3c3ccccc3O)c2C)c1. The summed E-state index contributed by atoms with van der Waals surface area (Å²) in [4.78, 5) is 6.63. The molecule has 1 aliphatic heterocycles. The third-order valence-corrected chi connectivity index (χ3v) is 6.65. The molecule has 0 unspecified atom stereocenters. The number of hydrogen-bond acceptors (Lipinski definition) is 4. The van der Waals surface area contributed by atoms with Gasteiger partial charge in [0, 0.05) is 29.3 Å². The van der Waals surface area contributed by atoms with Crippen LogP contribution in [0.4, 0.5) is 5.69 Å². The Morgan fingerprint density at radius 1 is 1.00 bits per heavy atom. The molecule has 1 aliphatic rings. The van der Waals surface area contributed by atoms with Gasteiger partial charge >= 0.3 is 0 Å². The van der Waals surface area contributed by atoms with Gasteiger partial charge in [0.25, 0.3) is 0 Å². The number of aromatic hydroxyl groups is 1. The van der Waals surface area contributed by atoms with Gasteiger partial charge in [0.1, 0.15) is 11.5 Å². The highest BCUT2D eigenvalue weighted by atomic mass is 32.1. The Kier molecular flexibility index (Phi) is 5.71. The van der Waals surface area contributed by atoms with Crippen LogP contribution in [0.2, 0.25) is 0 Å². The van der Waals surface area contributed by atoms with Crippen LogP contribution < -0.4 is 15.0 Å². The van der Waals surface area contributed by atoms with E-state index in [0.29, 0.717) is 10.8 Å².